The third-order valence-corrected chi connectivity index (χ3v) is 2.00. The number of hydrogen-bond acceptors (Lipinski definition) is 2. The van der Waals surface area contributed by atoms with Crippen LogP contribution in [0.15, 0.2) is 23.1 Å². The van der Waals surface area contributed by atoms with Gasteiger partial charge in [0, 0.05) is 4.90 Å². The highest BCUT2D eigenvalue weighted by atomic mass is 35.5. The molecule has 1 heterocycles. The quantitative estimate of drug-likeness (QED) is 0.606. The van der Waals surface area contributed by atoms with Gasteiger partial charge >= 0.3 is 0 Å². The number of rotatable bonds is 0. The van der Waals surface area contributed by atoms with Gasteiger partial charge in [0.1, 0.15) is 5.52 Å². The van der Waals surface area contributed by atoms with E-state index in [0.29, 0.717) is 5.28 Å². The minimum absolute atomic E-state index is 0.404. The van der Waals surface area contributed by atoms with Gasteiger partial charge in [0.25, 0.3) is 0 Å². The maximum Gasteiger partial charge on any atom is 0.201 e. The van der Waals surface area contributed by atoms with Crippen LogP contribution in [0.2, 0.25) is 5.28 Å². The summed E-state index contributed by atoms with van der Waals surface area (Å²) in [6.07, 6.45) is 0. The van der Waals surface area contributed by atoms with Gasteiger partial charge < -0.3 is 4.98 Å². The van der Waals surface area contributed by atoms with E-state index in [1.807, 2.05) is 18.2 Å². The van der Waals surface area contributed by atoms with E-state index < -0.39 is 0 Å². The SMILES string of the molecule is Sc1cccc2[nH]c(Cl)nc12. The van der Waals surface area contributed by atoms with Crippen molar-refractivity contribution < 1.29 is 0 Å². The molecule has 4 heteroatoms. The molecule has 0 fully saturated rings. The Labute approximate surface area is 74.0 Å². The second kappa shape index (κ2) is 2.43. The van der Waals surface area contributed by atoms with Gasteiger partial charge in [-0.15, -0.1) is 12.6 Å². The highest BCUT2D eigenvalue weighted by Gasteiger charge is 2.01. The van der Waals surface area contributed by atoms with Gasteiger partial charge in [0.2, 0.25) is 5.28 Å². The zero-order chi connectivity index (χ0) is 7.84. The first-order chi connectivity index (χ1) is 5.27. The Morgan fingerprint density at radius 3 is 3.00 bits per heavy atom. The van der Waals surface area contributed by atoms with Crippen LogP contribution in [0.4, 0.5) is 0 Å². The number of nitrogens with one attached hydrogen (secondary N) is 1. The molecule has 0 aliphatic rings. The summed E-state index contributed by atoms with van der Waals surface area (Å²) in [4.78, 5) is 7.79. The first kappa shape index (κ1) is 7.00. The second-order valence-electron chi connectivity index (χ2n) is 2.20. The Morgan fingerprint density at radius 2 is 2.27 bits per heavy atom. The maximum atomic E-state index is 5.65. The Balaban J connectivity index is 2.90. The molecule has 0 radical (unpaired) electrons. The predicted molar refractivity (Wildman–Crippen MR) is 48.4 cm³/mol. The van der Waals surface area contributed by atoms with Gasteiger partial charge in [-0.25, -0.2) is 4.98 Å². The van der Waals surface area contributed by atoms with Crippen LogP contribution < -0.4 is 0 Å². The minimum Gasteiger partial charge on any atom is -0.329 e. The summed E-state index contributed by atoms with van der Waals surface area (Å²) >= 11 is 9.88. The van der Waals surface area contributed by atoms with Crippen LogP contribution in [0.3, 0.4) is 0 Å². The highest BCUT2D eigenvalue weighted by Crippen LogP contribution is 2.20. The Hall–Kier alpha value is -0.670. The molecule has 0 unspecified atom stereocenters. The molecular formula is C7H5ClN2S. The molecule has 0 saturated carbocycles. The van der Waals surface area contributed by atoms with Crippen molar-refractivity contribution in [2.45, 2.75) is 4.90 Å². The van der Waals surface area contributed by atoms with Gasteiger partial charge in [-0.1, -0.05) is 6.07 Å². The third kappa shape index (κ3) is 1.10. The summed E-state index contributed by atoms with van der Waals surface area (Å²) in [6.45, 7) is 0. The van der Waals surface area contributed by atoms with E-state index in [1.54, 1.807) is 0 Å². The average molecular weight is 185 g/mol. The summed E-state index contributed by atoms with van der Waals surface area (Å²) < 4.78 is 0. The third-order valence-electron chi connectivity index (χ3n) is 1.46. The Morgan fingerprint density at radius 1 is 1.45 bits per heavy atom. The molecule has 0 aliphatic heterocycles. The number of aromatic amines is 1. The molecule has 0 spiro atoms. The molecule has 0 atom stereocenters. The number of nitrogens with zero attached hydrogens (tertiary/aromatic N) is 1. The van der Waals surface area contributed by atoms with Crippen LogP contribution in [0, 0.1) is 0 Å². The predicted octanol–water partition coefficient (Wildman–Crippen LogP) is 2.51. The molecule has 2 aromatic rings. The van der Waals surface area contributed by atoms with Crippen LogP contribution in [-0.4, -0.2) is 9.97 Å². The zero-order valence-corrected chi connectivity index (χ0v) is 7.15. The van der Waals surface area contributed by atoms with Gasteiger partial charge in [-0.3, -0.25) is 0 Å². The highest BCUT2D eigenvalue weighted by molar-refractivity contribution is 7.80. The number of para-hydroxylation sites is 1. The van der Waals surface area contributed by atoms with E-state index in [4.69, 9.17) is 11.6 Å². The fourth-order valence-electron chi connectivity index (χ4n) is 0.987. The van der Waals surface area contributed by atoms with E-state index in [-0.39, 0.29) is 0 Å². The van der Waals surface area contributed by atoms with Crippen LogP contribution >= 0.6 is 24.2 Å². The van der Waals surface area contributed by atoms with Crippen molar-refractivity contribution in [1.82, 2.24) is 9.97 Å². The van der Waals surface area contributed by atoms with Gasteiger partial charge in [0.15, 0.2) is 0 Å². The molecule has 1 aromatic heterocycles. The summed E-state index contributed by atoms with van der Waals surface area (Å²) in [5.74, 6) is 0. The zero-order valence-electron chi connectivity index (χ0n) is 5.50. The van der Waals surface area contributed by atoms with Crippen LogP contribution in [0.1, 0.15) is 0 Å². The van der Waals surface area contributed by atoms with E-state index >= 15 is 0 Å². The topological polar surface area (TPSA) is 28.7 Å². The number of halogens is 1. The molecule has 0 bridgehead atoms. The number of hydrogen-bond donors (Lipinski definition) is 2. The first-order valence-corrected chi connectivity index (χ1v) is 3.93. The molecule has 0 aliphatic carbocycles. The second-order valence-corrected chi connectivity index (χ2v) is 3.04. The molecule has 2 rings (SSSR count). The number of imidazole rings is 1. The van der Waals surface area contributed by atoms with Crippen molar-refractivity contribution in [3.8, 4) is 0 Å². The summed E-state index contributed by atoms with van der Waals surface area (Å²) in [5.41, 5.74) is 1.74. The molecule has 11 heavy (non-hydrogen) atoms. The van der Waals surface area contributed by atoms with E-state index in [0.717, 1.165) is 15.9 Å². The lowest BCUT2D eigenvalue weighted by Crippen LogP contribution is -1.69. The maximum absolute atomic E-state index is 5.65. The molecular weight excluding hydrogens is 180 g/mol. The Kier molecular flexibility index (Phi) is 1.55. The Bertz CT molecular complexity index is 396. The normalized spacial score (nSPS) is 10.7. The monoisotopic (exact) mass is 184 g/mol. The molecule has 2 nitrogen and oxygen atoms in total. The lowest BCUT2D eigenvalue weighted by molar-refractivity contribution is 1.33. The lowest BCUT2D eigenvalue weighted by Gasteiger charge is -1.89. The van der Waals surface area contributed by atoms with Crippen molar-refractivity contribution in [2.75, 3.05) is 0 Å². The van der Waals surface area contributed by atoms with Gasteiger partial charge in [-0.05, 0) is 23.7 Å². The van der Waals surface area contributed by atoms with Crippen molar-refractivity contribution in [1.29, 1.82) is 0 Å². The minimum atomic E-state index is 0.404. The fourth-order valence-corrected chi connectivity index (χ4v) is 1.43. The van der Waals surface area contributed by atoms with Crippen molar-refractivity contribution in [3.63, 3.8) is 0 Å². The summed E-state index contributed by atoms with van der Waals surface area (Å²) in [7, 11) is 0. The molecule has 0 amide bonds. The molecule has 1 aromatic carbocycles. The number of aromatic nitrogens is 2. The van der Waals surface area contributed by atoms with Crippen LogP contribution in [-0.2, 0) is 0 Å². The van der Waals surface area contributed by atoms with Crippen LogP contribution in [0.5, 0.6) is 0 Å². The number of fused-ring (bicyclic) bond motifs is 1. The van der Waals surface area contributed by atoms with Crippen LogP contribution in [0.25, 0.3) is 11.0 Å². The number of benzene rings is 1. The van der Waals surface area contributed by atoms with E-state index in [1.165, 1.54) is 0 Å². The van der Waals surface area contributed by atoms with E-state index in [9.17, 15) is 0 Å². The molecule has 56 valence electrons. The van der Waals surface area contributed by atoms with Crippen molar-refractivity contribution in [2.24, 2.45) is 0 Å². The average Bonchev–Trinajstić information content (AvgIpc) is 2.31. The van der Waals surface area contributed by atoms with Gasteiger partial charge in [0.05, 0.1) is 5.52 Å². The first-order valence-electron chi connectivity index (χ1n) is 3.10. The summed E-state index contributed by atoms with van der Waals surface area (Å²) in [5, 5.41) is 0.404. The number of thiol groups is 1. The van der Waals surface area contributed by atoms with Crippen molar-refractivity contribution in [3.05, 3.63) is 23.5 Å². The molecule has 0 saturated heterocycles. The fraction of sp³-hybridized carbons (Fsp3) is 0. The smallest absolute Gasteiger partial charge is 0.201 e. The van der Waals surface area contributed by atoms with Gasteiger partial charge in [-0.2, -0.15) is 0 Å². The summed E-state index contributed by atoms with van der Waals surface area (Å²) in [6, 6.07) is 5.69. The molecule has 1 N–H and O–H groups in total. The lowest BCUT2D eigenvalue weighted by atomic mass is 10.3. The standard InChI is InChI=1S/C7H5ClN2S/c8-7-9-4-2-1-3-5(11)6(4)10-7/h1-3,11H,(H,9,10). The van der Waals surface area contributed by atoms with Crippen molar-refractivity contribution >= 4 is 35.3 Å². The number of H-pyrrole nitrogens is 1. The largest absolute Gasteiger partial charge is 0.329 e. The van der Waals surface area contributed by atoms with E-state index in [2.05, 4.69) is 22.6 Å².